The number of aryl methyl sites for hydroxylation is 1. The van der Waals surface area contributed by atoms with Gasteiger partial charge in [-0.1, -0.05) is 39.7 Å². The molecule has 4 atom stereocenters. The van der Waals surface area contributed by atoms with Gasteiger partial charge in [-0.25, -0.2) is 4.98 Å². The largest absolute Gasteiger partial charge is 0.483 e. The molecule has 1 saturated carbocycles. The predicted molar refractivity (Wildman–Crippen MR) is 118 cm³/mol. The number of rotatable bonds is 2. The molecule has 1 aliphatic carbocycles. The summed E-state index contributed by atoms with van der Waals surface area (Å²) in [6.45, 7) is 1.95. The van der Waals surface area contributed by atoms with Crippen LogP contribution in [0.4, 0.5) is 5.82 Å². The SMILES string of the molecule is Cc1ccnc(N2C(=O)C3=C(C(=O)C4CC(Br)CCC4O3)C2c2ccc(Cl)cc2)c1. The van der Waals surface area contributed by atoms with Gasteiger partial charge < -0.3 is 4.74 Å². The van der Waals surface area contributed by atoms with E-state index in [-0.39, 0.29) is 34.3 Å². The number of hydrogen-bond donors (Lipinski definition) is 0. The molecule has 30 heavy (non-hydrogen) atoms. The summed E-state index contributed by atoms with van der Waals surface area (Å²) in [7, 11) is 0. The molecule has 7 heteroatoms. The van der Waals surface area contributed by atoms with Gasteiger partial charge in [0.2, 0.25) is 0 Å². The standard InChI is InChI=1S/C23H20BrClN2O3/c1-12-8-9-26-18(10-12)27-20(13-2-5-15(25)6-3-13)19-21(28)16-11-14(24)4-7-17(16)30-22(19)23(27)29/h2-3,5-6,8-10,14,16-17,20H,4,7,11H2,1H3. The molecule has 0 saturated heterocycles. The first-order valence-electron chi connectivity index (χ1n) is 10.0. The molecule has 3 aliphatic rings. The number of alkyl halides is 1. The Kier molecular flexibility index (Phi) is 4.94. The predicted octanol–water partition coefficient (Wildman–Crippen LogP) is 4.92. The van der Waals surface area contributed by atoms with E-state index in [1.165, 1.54) is 0 Å². The smallest absolute Gasteiger partial charge is 0.295 e. The van der Waals surface area contributed by atoms with Gasteiger partial charge in [-0.05, 0) is 61.6 Å². The molecule has 2 aliphatic heterocycles. The lowest BCUT2D eigenvalue weighted by molar-refractivity contribution is -0.131. The lowest BCUT2D eigenvalue weighted by atomic mass is 9.77. The fourth-order valence-electron chi connectivity index (χ4n) is 4.66. The highest BCUT2D eigenvalue weighted by Crippen LogP contribution is 2.48. The van der Waals surface area contributed by atoms with E-state index in [2.05, 4.69) is 20.9 Å². The summed E-state index contributed by atoms with van der Waals surface area (Å²) in [4.78, 5) is 33.4. The van der Waals surface area contributed by atoms with Crippen molar-refractivity contribution in [1.29, 1.82) is 0 Å². The number of nitrogens with zero attached hydrogens (tertiary/aromatic N) is 2. The third-order valence-electron chi connectivity index (χ3n) is 6.12. The van der Waals surface area contributed by atoms with E-state index in [0.29, 0.717) is 22.8 Å². The average Bonchev–Trinajstić information content (AvgIpc) is 3.02. The zero-order chi connectivity index (χ0) is 21.0. The minimum atomic E-state index is -0.580. The summed E-state index contributed by atoms with van der Waals surface area (Å²) in [5.74, 6) is 0.143. The van der Waals surface area contributed by atoms with Crippen LogP contribution in [0.2, 0.25) is 5.02 Å². The van der Waals surface area contributed by atoms with Crippen molar-refractivity contribution in [1.82, 2.24) is 4.98 Å². The molecule has 1 fully saturated rings. The average molecular weight is 488 g/mol. The number of aromatic nitrogens is 1. The van der Waals surface area contributed by atoms with E-state index in [1.807, 2.05) is 31.2 Å². The van der Waals surface area contributed by atoms with Crippen molar-refractivity contribution in [3.05, 3.63) is 70.1 Å². The van der Waals surface area contributed by atoms with E-state index in [4.69, 9.17) is 16.3 Å². The Labute approximate surface area is 188 Å². The number of fused-ring (bicyclic) bond motifs is 1. The second-order valence-electron chi connectivity index (χ2n) is 8.10. The second-order valence-corrected chi connectivity index (χ2v) is 9.83. The van der Waals surface area contributed by atoms with Crippen LogP contribution in [0.25, 0.3) is 0 Å². The number of anilines is 1. The van der Waals surface area contributed by atoms with Crippen molar-refractivity contribution in [3.8, 4) is 0 Å². The van der Waals surface area contributed by atoms with Gasteiger partial charge in [0.1, 0.15) is 11.9 Å². The molecule has 5 rings (SSSR count). The van der Waals surface area contributed by atoms with Gasteiger partial charge in [-0.3, -0.25) is 14.5 Å². The fourth-order valence-corrected chi connectivity index (χ4v) is 5.46. The maximum atomic E-state index is 13.6. The first kappa shape index (κ1) is 19.8. The maximum Gasteiger partial charge on any atom is 0.295 e. The van der Waals surface area contributed by atoms with Crippen LogP contribution in [0.5, 0.6) is 0 Å². The van der Waals surface area contributed by atoms with E-state index < -0.39 is 6.04 Å². The molecule has 0 spiro atoms. The van der Waals surface area contributed by atoms with E-state index in [1.54, 1.807) is 23.2 Å². The molecule has 1 amide bonds. The van der Waals surface area contributed by atoms with E-state index in [9.17, 15) is 9.59 Å². The third-order valence-corrected chi connectivity index (χ3v) is 7.20. The number of halogens is 2. The van der Waals surface area contributed by atoms with Crippen LogP contribution in [0.3, 0.4) is 0 Å². The number of ketones is 1. The first-order valence-corrected chi connectivity index (χ1v) is 11.3. The number of carbonyl (C=O) groups excluding carboxylic acids is 2. The summed E-state index contributed by atoms with van der Waals surface area (Å²) < 4.78 is 6.20. The topological polar surface area (TPSA) is 59.5 Å². The molecule has 4 unspecified atom stereocenters. The van der Waals surface area contributed by atoms with Crippen molar-refractivity contribution in [2.75, 3.05) is 4.90 Å². The van der Waals surface area contributed by atoms with Crippen LogP contribution < -0.4 is 4.90 Å². The zero-order valence-corrected chi connectivity index (χ0v) is 18.7. The van der Waals surface area contributed by atoms with Gasteiger partial charge in [0, 0.05) is 16.0 Å². The molecule has 1 aromatic carbocycles. The minimum Gasteiger partial charge on any atom is -0.483 e. The Bertz CT molecular complexity index is 1070. The Morgan fingerprint density at radius 2 is 1.93 bits per heavy atom. The molecule has 1 aromatic heterocycles. The van der Waals surface area contributed by atoms with Crippen molar-refractivity contribution in [2.45, 2.75) is 43.2 Å². The number of pyridine rings is 1. The van der Waals surface area contributed by atoms with Gasteiger partial charge in [0.15, 0.2) is 11.5 Å². The lowest BCUT2D eigenvalue weighted by Gasteiger charge is -2.37. The molecule has 5 nitrogen and oxygen atoms in total. The van der Waals surface area contributed by atoms with Gasteiger partial charge >= 0.3 is 0 Å². The Balaban J connectivity index is 1.65. The van der Waals surface area contributed by atoms with Crippen LogP contribution in [-0.4, -0.2) is 27.6 Å². The quantitative estimate of drug-likeness (QED) is 0.564. The monoisotopic (exact) mass is 486 g/mol. The van der Waals surface area contributed by atoms with Crippen LogP contribution in [0.1, 0.15) is 36.4 Å². The summed E-state index contributed by atoms with van der Waals surface area (Å²) in [6.07, 6.45) is 3.82. The fraction of sp³-hybridized carbons (Fsp3) is 0.348. The first-order chi connectivity index (χ1) is 14.4. The molecular weight excluding hydrogens is 468 g/mol. The van der Waals surface area contributed by atoms with Crippen LogP contribution in [0, 0.1) is 12.8 Å². The Morgan fingerprint density at radius 3 is 2.67 bits per heavy atom. The molecular formula is C23H20BrClN2O3. The van der Waals surface area contributed by atoms with E-state index in [0.717, 1.165) is 24.0 Å². The molecule has 2 aromatic rings. The van der Waals surface area contributed by atoms with Gasteiger partial charge in [-0.15, -0.1) is 0 Å². The van der Waals surface area contributed by atoms with Crippen LogP contribution in [0.15, 0.2) is 53.9 Å². The highest BCUT2D eigenvalue weighted by molar-refractivity contribution is 9.09. The highest BCUT2D eigenvalue weighted by atomic mass is 79.9. The van der Waals surface area contributed by atoms with Gasteiger partial charge in [0.25, 0.3) is 5.91 Å². The summed E-state index contributed by atoms with van der Waals surface area (Å²) in [5, 5.41) is 0.596. The van der Waals surface area contributed by atoms with Crippen molar-refractivity contribution in [2.24, 2.45) is 5.92 Å². The van der Waals surface area contributed by atoms with Crippen molar-refractivity contribution >= 4 is 45.0 Å². The van der Waals surface area contributed by atoms with Crippen LogP contribution in [-0.2, 0) is 14.3 Å². The third kappa shape index (κ3) is 3.17. The van der Waals surface area contributed by atoms with Gasteiger partial charge in [-0.2, -0.15) is 0 Å². The second kappa shape index (κ2) is 7.50. The number of amides is 1. The number of hydrogen-bond acceptors (Lipinski definition) is 4. The normalized spacial score (nSPS) is 28.3. The number of ether oxygens (including phenoxy) is 1. The molecule has 0 N–H and O–H groups in total. The number of carbonyl (C=O) groups is 2. The minimum absolute atomic E-state index is 0.00820. The van der Waals surface area contributed by atoms with Crippen molar-refractivity contribution in [3.63, 3.8) is 0 Å². The van der Waals surface area contributed by atoms with E-state index >= 15 is 0 Å². The molecule has 0 bridgehead atoms. The maximum absolute atomic E-state index is 13.6. The molecule has 3 heterocycles. The Hall–Kier alpha value is -2.18. The van der Waals surface area contributed by atoms with Crippen LogP contribution >= 0.6 is 27.5 Å². The number of Topliss-reactive ketones (excluding diaryl/α,β-unsaturated/α-hetero) is 1. The summed E-state index contributed by atoms with van der Waals surface area (Å²) >= 11 is 9.75. The van der Waals surface area contributed by atoms with Crippen molar-refractivity contribution < 1.29 is 14.3 Å². The van der Waals surface area contributed by atoms with Gasteiger partial charge in [0.05, 0.1) is 17.5 Å². The lowest BCUT2D eigenvalue weighted by Crippen LogP contribution is -2.41. The molecule has 0 radical (unpaired) electrons. The number of benzene rings is 1. The summed E-state index contributed by atoms with van der Waals surface area (Å²) in [6, 6.07) is 10.4. The summed E-state index contributed by atoms with van der Waals surface area (Å²) in [5.41, 5.74) is 2.23. The zero-order valence-electron chi connectivity index (χ0n) is 16.3. The Morgan fingerprint density at radius 1 is 1.17 bits per heavy atom. The highest BCUT2D eigenvalue weighted by Gasteiger charge is 2.53. The molecule has 154 valence electrons.